The summed E-state index contributed by atoms with van der Waals surface area (Å²) in [4.78, 5) is 26.8. The van der Waals surface area contributed by atoms with Crippen molar-refractivity contribution in [2.45, 2.75) is 95.9 Å². The molecule has 4 heterocycles. The van der Waals surface area contributed by atoms with Crippen LogP contribution in [0.2, 0.25) is 5.02 Å². The van der Waals surface area contributed by atoms with Crippen LogP contribution < -0.4 is 10.6 Å². The minimum absolute atomic E-state index is 0.0303. The summed E-state index contributed by atoms with van der Waals surface area (Å²) in [7, 11) is -1.11. The lowest BCUT2D eigenvalue weighted by Crippen LogP contribution is -2.51. The molecule has 7 nitrogen and oxygen atoms in total. The average molecular weight is 605 g/mol. The summed E-state index contributed by atoms with van der Waals surface area (Å²) in [5.74, 6) is 0.544. The smallest absolute Gasteiger partial charge is 0.349 e. The molecule has 2 bridgehead atoms. The second kappa shape index (κ2) is 13.5. The van der Waals surface area contributed by atoms with Gasteiger partial charge in [-0.25, -0.2) is 8.51 Å². The molecule has 4 aliphatic rings. The molecule has 0 aliphatic carbocycles. The summed E-state index contributed by atoms with van der Waals surface area (Å²) < 4.78 is 52.7. The Labute approximate surface area is 242 Å². The molecule has 4 aliphatic heterocycles. The summed E-state index contributed by atoms with van der Waals surface area (Å²) in [5, 5.41) is 6.16. The molecule has 40 heavy (non-hydrogen) atoms. The molecule has 224 valence electrons. The number of hydrogen-bond donors (Lipinski definition) is 2. The van der Waals surface area contributed by atoms with Gasteiger partial charge in [-0.05, 0) is 88.2 Å². The molecule has 1 aromatic carbocycles. The Kier molecular flexibility index (Phi) is 10.6. The van der Waals surface area contributed by atoms with Gasteiger partial charge in [-0.3, -0.25) is 9.59 Å². The number of hydrogen-bond acceptors (Lipinski definition) is 4. The average Bonchev–Trinajstić information content (AvgIpc) is 3.39. The number of alkyl halides is 3. The van der Waals surface area contributed by atoms with E-state index >= 15 is 0 Å². The standard InChI is InChI=1S/C26H34ClF3N4O3S.C2H6/c27-22-14-23-17(11-24(35)32-23)10-21(22)25(36)31-18-12-19-2-3-20(13-18)34(19)38(37)15-16-4-8-33(9-5-16)7-1-6-26(28,29)30;1-2/h10,14,16,18-20H,1-9,11-13,15H2,(H,31,36)(H,32,35);1-2H3/t18?,19-,20?,38?;/m1./s1. The summed E-state index contributed by atoms with van der Waals surface area (Å²) in [6.07, 6.45) is 0.616. The highest BCUT2D eigenvalue weighted by Crippen LogP contribution is 2.38. The number of fused-ring (bicyclic) bond motifs is 3. The Bertz CT molecular complexity index is 1080. The monoisotopic (exact) mass is 604 g/mol. The quantitative estimate of drug-likeness (QED) is 0.422. The van der Waals surface area contributed by atoms with Gasteiger partial charge in [0.25, 0.3) is 5.91 Å². The molecule has 5 rings (SSSR count). The predicted molar refractivity (Wildman–Crippen MR) is 152 cm³/mol. The lowest BCUT2D eigenvalue weighted by atomic mass is 9.98. The van der Waals surface area contributed by atoms with Crippen LogP contribution in [0.3, 0.4) is 0 Å². The minimum atomic E-state index is -4.10. The van der Waals surface area contributed by atoms with E-state index in [1.807, 2.05) is 13.8 Å². The third-order valence-corrected chi connectivity index (χ3v) is 10.5. The molecular weight excluding hydrogens is 565 g/mol. The first-order valence-electron chi connectivity index (χ1n) is 14.4. The maximum atomic E-state index is 13.4. The molecule has 0 saturated carbocycles. The first kappa shape index (κ1) is 31.3. The first-order chi connectivity index (χ1) is 19.1. The van der Waals surface area contributed by atoms with Crippen molar-refractivity contribution in [3.05, 3.63) is 28.3 Å². The van der Waals surface area contributed by atoms with E-state index in [1.165, 1.54) is 0 Å². The predicted octanol–water partition coefficient (Wildman–Crippen LogP) is 5.30. The second-order valence-electron chi connectivity index (χ2n) is 11.1. The zero-order valence-electron chi connectivity index (χ0n) is 23.2. The van der Waals surface area contributed by atoms with Crippen LogP contribution in [0, 0.1) is 5.92 Å². The van der Waals surface area contributed by atoms with Gasteiger partial charge in [0, 0.05) is 36.0 Å². The largest absolute Gasteiger partial charge is 0.389 e. The molecule has 4 atom stereocenters. The Balaban J connectivity index is 0.00000181. The van der Waals surface area contributed by atoms with Crippen LogP contribution in [0.1, 0.15) is 81.1 Å². The first-order valence-corrected chi connectivity index (χ1v) is 16.1. The Hall–Kier alpha value is -1.69. The van der Waals surface area contributed by atoms with Crippen LogP contribution in [-0.4, -0.2) is 74.9 Å². The van der Waals surface area contributed by atoms with E-state index in [1.54, 1.807) is 12.1 Å². The minimum Gasteiger partial charge on any atom is -0.349 e. The highest BCUT2D eigenvalue weighted by Gasteiger charge is 2.44. The van der Waals surface area contributed by atoms with Gasteiger partial charge in [0.2, 0.25) is 5.91 Å². The normalized spacial score (nSPS) is 26.1. The molecule has 2 amide bonds. The zero-order valence-corrected chi connectivity index (χ0v) is 24.8. The number of carbonyl (C=O) groups is 2. The molecule has 3 fully saturated rings. The fourth-order valence-corrected chi connectivity index (χ4v) is 8.64. The molecule has 0 spiro atoms. The fraction of sp³-hybridized carbons (Fsp3) is 0.714. The summed E-state index contributed by atoms with van der Waals surface area (Å²) in [6, 6.07) is 3.58. The van der Waals surface area contributed by atoms with Crippen molar-refractivity contribution in [3.8, 4) is 0 Å². The van der Waals surface area contributed by atoms with Crippen molar-refractivity contribution in [2.24, 2.45) is 5.92 Å². The molecule has 3 unspecified atom stereocenters. The van der Waals surface area contributed by atoms with Gasteiger partial charge in [0.15, 0.2) is 0 Å². The third kappa shape index (κ3) is 7.77. The molecule has 2 N–H and O–H groups in total. The van der Waals surface area contributed by atoms with Gasteiger partial charge in [0.05, 0.1) is 28.0 Å². The Morgan fingerprint density at radius 2 is 1.77 bits per heavy atom. The van der Waals surface area contributed by atoms with Gasteiger partial charge in [-0.1, -0.05) is 25.4 Å². The van der Waals surface area contributed by atoms with E-state index in [0.717, 1.165) is 57.2 Å². The number of rotatable bonds is 8. The SMILES string of the molecule is CC.O=C1Cc2cc(C(=O)NC3CC4CC[C@H](C3)N4S(=O)CC3CCN(CCCC(F)(F)F)CC3)c(Cl)cc2N1. The third-order valence-electron chi connectivity index (χ3n) is 8.32. The topological polar surface area (TPSA) is 81.8 Å². The number of carbonyl (C=O) groups excluding carboxylic acids is 2. The van der Waals surface area contributed by atoms with Gasteiger partial charge in [-0.15, -0.1) is 0 Å². The highest BCUT2D eigenvalue weighted by atomic mass is 35.5. The number of nitrogens with zero attached hydrogens (tertiary/aromatic N) is 2. The van der Waals surface area contributed by atoms with Crippen molar-refractivity contribution in [2.75, 3.05) is 30.7 Å². The summed E-state index contributed by atoms with van der Waals surface area (Å²) >= 11 is 6.34. The lowest BCUT2D eigenvalue weighted by molar-refractivity contribution is -0.136. The van der Waals surface area contributed by atoms with E-state index in [9.17, 15) is 27.0 Å². The van der Waals surface area contributed by atoms with Crippen molar-refractivity contribution in [3.63, 3.8) is 0 Å². The molecule has 0 aromatic heterocycles. The highest BCUT2D eigenvalue weighted by molar-refractivity contribution is 7.82. The van der Waals surface area contributed by atoms with Crippen LogP contribution in [-0.2, 0) is 22.2 Å². The number of piperidine rings is 2. The van der Waals surface area contributed by atoms with E-state index in [0.29, 0.717) is 34.5 Å². The number of amides is 2. The van der Waals surface area contributed by atoms with E-state index in [4.69, 9.17) is 11.6 Å². The molecule has 3 saturated heterocycles. The summed E-state index contributed by atoms with van der Waals surface area (Å²) in [5.41, 5.74) is 1.78. The number of nitrogens with one attached hydrogen (secondary N) is 2. The van der Waals surface area contributed by atoms with Crippen LogP contribution in [0.15, 0.2) is 12.1 Å². The fourth-order valence-electron chi connectivity index (χ4n) is 6.44. The van der Waals surface area contributed by atoms with Crippen molar-refractivity contribution >= 4 is 40.1 Å². The van der Waals surface area contributed by atoms with E-state index in [2.05, 4.69) is 19.8 Å². The number of anilines is 1. The van der Waals surface area contributed by atoms with E-state index in [-0.39, 0.29) is 42.8 Å². The second-order valence-corrected chi connectivity index (χ2v) is 12.9. The zero-order chi connectivity index (χ0) is 29.0. The van der Waals surface area contributed by atoms with Crippen molar-refractivity contribution in [1.29, 1.82) is 0 Å². The Morgan fingerprint density at radius 3 is 2.40 bits per heavy atom. The maximum absolute atomic E-state index is 13.4. The van der Waals surface area contributed by atoms with Gasteiger partial charge >= 0.3 is 6.18 Å². The molecule has 1 aromatic rings. The van der Waals surface area contributed by atoms with Crippen LogP contribution in [0.5, 0.6) is 0 Å². The van der Waals surface area contributed by atoms with E-state index < -0.39 is 23.6 Å². The van der Waals surface area contributed by atoms with Gasteiger partial charge in [0.1, 0.15) is 0 Å². The lowest BCUT2D eigenvalue weighted by Gasteiger charge is -2.39. The number of likely N-dealkylation sites (tertiary alicyclic amines) is 1. The van der Waals surface area contributed by atoms with Crippen LogP contribution in [0.25, 0.3) is 0 Å². The maximum Gasteiger partial charge on any atom is 0.389 e. The van der Waals surface area contributed by atoms with Gasteiger partial charge in [-0.2, -0.15) is 13.2 Å². The number of benzene rings is 1. The Morgan fingerprint density at radius 1 is 1.12 bits per heavy atom. The van der Waals surface area contributed by atoms with Crippen LogP contribution in [0.4, 0.5) is 18.9 Å². The van der Waals surface area contributed by atoms with Gasteiger partial charge < -0.3 is 15.5 Å². The summed E-state index contributed by atoms with van der Waals surface area (Å²) in [6.45, 7) is 5.98. The van der Waals surface area contributed by atoms with Crippen molar-refractivity contribution < 1.29 is 27.0 Å². The number of halogens is 4. The molecule has 0 radical (unpaired) electrons. The molecular formula is C28H40ClF3N4O3S. The van der Waals surface area contributed by atoms with Crippen LogP contribution >= 0.6 is 11.6 Å². The molecule has 12 heteroatoms. The van der Waals surface area contributed by atoms with Crippen molar-refractivity contribution in [1.82, 2.24) is 14.5 Å².